The Hall–Kier alpha value is -1.77. The van der Waals surface area contributed by atoms with Gasteiger partial charge in [-0.2, -0.15) is 0 Å². The summed E-state index contributed by atoms with van der Waals surface area (Å²) < 4.78 is 0. The molecule has 0 saturated carbocycles. The average molecular weight is 244 g/mol. The number of anilines is 2. The molecule has 2 rings (SSSR count). The van der Waals surface area contributed by atoms with Gasteiger partial charge in [-0.05, 0) is 30.9 Å². The van der Waals surface area contributed by atoms with Crippen LogP contribution in [0.4, 0.5) is 11.4 Å². The monoisotopic (exact) mass is 244 g/mol. The van der Waals surface area contributed by atoms with Gasteiger partial charge in [-0.15, -0.1) is 0 Å². The molecule has 1 N–H and O–H groups in total. The van der Waals surface area contributed by atoms with E-state index < -0.39 is 0 Å². The summed E-state index contributed by atoms with van der Waals surface area (Å²) in [5.41, 5.74) is 1.92. The SMILES string of the molecule is CN(C)c1ccccc1NC(=O)CC1C=CCC1. The summed E-state index contributed by atoms with van der Waals surface area (Å²) >= 11 is 0. The third kappa shape index (κ3) is 3.13. The van der Waals surface area contributed by atoms with Crippen LogP contribution in [-0.2, 0) is 4.79 Å². The molecule has 1 aromatic carbocycles. The van der Waals surface area contributed by atoms with Crippen molar-refractivity contribution < 1.29 is 4.79 Å². The van der Waals surface area contributed by atoms with E-state index in [4.69, 9.17) is 0 Å². The Kier molecular flexibility index (Phi) is 4.03. The van der Waals surface area contributed by atoms with Crippen LogP contribution in [0.1, 0.15) is 19.3 Å². The van der Waals surface area contributed by atoms with Crippen molar-refractivity contribution >= 4 is 17.3 Å². The van der Waals surface area contributed by atoms with Gasteiger partial charge in [0, 0.05) is 20.5 Å². The fraction of sp³-hybridized carbons (Fsp3) is 0.400. The van der Waals surface area contributed by atoms with Crippen molar-refractivity contribution in [2.45, 2.75) is 19.3 Å². The maximum atomic E-state index is 12.0. The minimum absolute atomic E-state index is 0.0980. The highest BCUT2D eigenvalue weighted by molar-refractivity contribution is 5.94. The lowest BCUT2D eigenvalue weighted by Gasteiger charge is -2.18. The molecule has 1 amide bonds. The second kappa shape index (κ2) is 5.71. The Bertz CT molecular complexity index is 452. The van der Waals surface area contributed by atoms with Crippen molar-refractivity contribution in [3.05, 3.63) is 36.4 Å². The van der Waals surface area contributed by atoms with E-state index in [-0.39, 0.29) is 5.91 Å². The standard InChI is InChI=1S/C15H20N2O/c1-17(2)14-10-6-5-9-13(14)16-15(18)11-12-7-3-4-8-12/h3,5-7,9-10,12H,4,8,11H2,1-2H3,(H,16,18). The lowest BCUT2D eigenvalue weighted by Crippen LogP contribution is -2.18. The first-order valence-corrected chi connectivity index (χ1v) is 6.39. The summed E-state index contributed by atoms with van der Waals surface area (Å²) in [6.07, 6.45) is 7.09. The van der Waals surface area contributed by atoms with Crippen molar-refractivity contribution in [1.82, 2.24) is 0 Å². The van der Waals surface area contributed by atoms with E-state index in [0.717, 1.165) is 24.2 Å². The summed E-state index contributed by atoms with van der Waals surface area (Å²) in [6, 6.07) is 7.87. The molecule has 1 unspecified atom stereocenters. The molecule has 0 saturated heterocycles. The van der Waals surface area contributed by atoms with E-state index in [1.165, 1.54) is 0 Å². The Balaban J connectivity index is 2.00. The average Bonchev–Trinajstić information content (AvgIpc) is 2.82. The summed E-state index contributed by atoms with van der Waals surface area (Å²) in [7, 11) is 3.95. The van der Waals surface area contributed by atoms with Crippen molar-refractivity contribution in [3.8, 4) is 0 Å². The van der Waals surface area contributed by atoms with Gasteiger partial charge in [0.2, 0.25) is 5.91 Å². The highest BCUT2D eigenvalue weighted by atomic mass is 16.1. The number of rotatable bonds is 4. The fourth-order valence-electron chi connectivity index (χ4n) is 2.27. The third-order valence-corrected chi connectivity index (χ3v) is 3.22. The zero-order valence-electron chi connectivity index (χ0n) is 11.0. The summed E-state index contributed by atoms with van der Waals surface area (Å²) in [5, 5.41) is 3.00. The molecule has 3 nitrogen and oxygen atoms in total. The topological polar surface area (TPSA) is 32.3 Å². The second-order valence-electron chi connectivity index (χ2n) is 4.93. The normalized spacial score (nSPS) is 17.8. The van der Waals surface area contributed by atoms with Crippen LogP contribution in [0.15, 0.2) is 36.4 Å². The minimum atomic E-state index is 0.0980. The highest BCUT2D eigenvalue weighted by Crippen LogP contribution is 2.25. The number of carbonyl (C=O) groups is 1. The van der Waals surface area contributed by atoms with E-state index in [0.29, 0.717) is 12.3 Å². The number of carbonyl (C=O) groups excluding carboxylic acids is 1. The number of hydrogen-bond acceptors (Lipinski definition) is 2. The van der Waals surface area contributed by atoms with Gasteiger partial charge in [0.1, 0.15) is 0 Å². The minimum Gasteiger partial charge on any atom is -0.376 e. The quantitative estimate of drug-likeness (QED) is 0.826. The number of amides is 1. The first-order valence-electron chi connectivity index (χ1n) is 6.39. The molecule has 0 radical (unpaired) electrons. The molecule has 1 atom stereocenters. The Labute approximate surface area is 108 Å². The van der Waals surface area contributed by atoms with Crippen LogP contribution < -0.4 is 10.2 Å². The van der Waals surface area contributed by atoms with Gasteiger partial charge in [-0.3, -0.25) is 4.79 Å². The van der Waals surface area contributed by atoms with Crippen LogP contribution >= 0.6 is 0 Å². The highest BCUT2D eigenvalue weighted by Gasteiger charge is 2.15. The van der Waals surface area contributed by atoms with Crippen LogP contribution in [0, 0.1) is 5.92 Å². The molecule has 18 heavy (non-hydrogen) atoms. The summed E-state index contributed by atoms with van der Waals surface area (Å²) in [4.78, 5) is 14.0. The smallest absolute Gasteiger partial charge is 0.225 e. The van der Waals surface area contributed by atoms with E-state index in [2.05, 4.69) is 17.5 Å². The fourth-order valence-corrected chi connectivity index (χ4v) is 2.27. The predicted octanol–water partition coefficient (Wildman–Crippen LogP) is 3.05. The molecular weight excluding hydrogens is 224 g/mol. The zero-order chi connectivity index (χ0) is 13.0. The van der Waals surface area contributed by atoms with Gasteiger partial charge in [-0.1, -0.05) is 24.3 Å². The van der Waals surface area contributed by atoms with E-state index >= 15 is 0 Å². The molecule has 0 heterocycles. The molecule has 1 aromatic rings. The van der Waals surface area contributed by atoms with Crippen molar-refractivity contribution in [1.29, 1.82) is 0 Å². The number of nitrogens with zero attached hydrogens (tertiary/aromatic N) is 1. The van der Waals surface area contributed by atoms with Gasteiger partial charge < -0.3 is 10.2 Å². The lowest BCUT2D eigenvalue weighted by molar-refractivity contribution is -0.116. The van der Waals surface area contributed by atoms with Crippen molar-refractivity contribution in [3.63, 3.8) is 0 Å². The zero-order valence-corrected chi connectivity index (χ0v) is 11.0. The number of nitrogens with one attached hydrogen (secondary N) is 1. The predicted molar refractivity (Wildman–Crippen MR) is 75.9 cm³/mol. The molecule has 1 aliphatic carbocycles. The van der Waals surface area contributed by atoms with E-state index in [1.54, 1.807) is 0 Å². The van der Waals surface area contributed by atoms with Crippen LogP contribution in [0.2, 0.25) is 0 Å². The Morgan fingerprint density at radius 2 is 2.17 bits per heavy atom. The van der Waals surface area contributed by atoms with Crippen LogP contribution in [0.3, 0.4) is 0 Å². The summed E-state index contributed by atoms with van der Waals surface area (Å²) in [6.45, 7) is 0. The second-order valence-corrected chi connectivity index (χ2v) is 4.93. The van der Waals surface area contributed by atoms with E-state index in [9.17, 15) is 4.79 Å². The first kappa shape index (κ1) is 12.7. The molecule has 0 bridgehead atoms. The molecular formula is C15H20N2O. The number of hydrogen-bond donors (Lipinski definition) is 1. The largest absolute Gasteiger partial charge is 0.376 e. The maximum Gasteiger partial charge on any atom is 0.225 e. The van der Waals surface area contributed by atoms with Gasteiger partial charge in [0.25, 0.3) is 0 Å². The molecule has 96 valence electrons. The molecule has 0 aliphatic heterocycles. The van der Waals surface area contributed by atoms with Crippen molar-refractivity contribution in [2.75, 3.05) is 24.3 Å². The van der Waals surface area contributed by atoms with Crippen LogP contribution in [0.25, 0.3) is 0 Å². The van der Waals surface area contributed by atoms with E-state index in [1.807, 2.05) is 43.3 Å². The lowest BCUT2D eigenvalue weighted by atomic mass is 10.0. The van der Waals surface area contributed by atoms with Crippen LogP contribution in [0.5, 0.6) is 0 Å². The van der Waals surface area contributed by atoms with Crippen LogP contribution in [-0.4, -0.2) is 20.0 Å². The summed E-state index contributed by atoms with van der Waals surface area (Å²) in [5.74, 6) is 0.511. The molecule has 1 aliphatic rings. The molecule has 0 spiro atoms. The molecule has 0 aromatic heterocycles. The Morgan fingerprint density at radius 3 is 2.83 bits per heavy atom. The number of benzene rings is 1. The maximum absolute atomic E-state index is 12.0. The number of allylic oxidation sites excluding steroid dienone is 2. The van der Waals surface area contributed by atoms with Gasteiger partial charge in [0.05, 0.1) is 11.4 Å². The van der Waals surface area contributed by atoms with Gasteiger partial charge >= 0.3 is 0 Å². The van der Waals surface area contributed by atoms with Crippen molar-refractivity contribution in [2.24, 2.45) is 5.92 Å². The van der Waals surface area contributed by atoms with Gasteiger partial charge in [-0.25, -0.2) is 0 Å². The molecule has 3 heteroatoms. The Morgan fingerprint density at radius 1 is 1.39 bits per heavy atom. The van der Waals surface area contributed by atoms with Gasteiger partial charge in [0.15, 0.2) is 0 Å². The molecule has 0 fully saturated rings. The number of para-hydroxylation sites is 2. The third-order valence-electron chi connectivity index (χ3n) is 3.22. The first-order chi connectivity index (χ1) is 8.66.